The number of rotatable bonds is 6. The van der Waals surface area contributed by atoms with Crippen molar-refractivity contribution in [3.63, 3.8) is 0 Å². The summed E-state index contributed by atoms with van der Waals surface area (Å²) in [5.41, 5.74) is 4.11. The number of phenols is 1. The topological polar surface area (TPSA) is 134 Å². The second-order valence-corrected chi connectivity index (χ2v) is 8.98. The van der Waals surface area contributed by atoms with Gasteiger partial charge in [0.2, 0.25) is 5.91 Å². The monoisotopic (exact) mass is 466 g/mol. The van der Waals surface area contributed by atoms with Gasteiger partial charge in [0.1, 0.15) is 12.2 Å². The van der Waals surface area contributed by atoms with E-state index in [1.54, 1.807) is 48.4 Å². The molecule has 0 atom stereocenters. The van der Waals surface area contributed by atoms with E-state index in [1.807, 2.05) is 20.8 Å². The van der Waals surface area contributed by atoms with E-state index in [2.05, 4.69) is 16.0 Å². The SMILES string of the molecule is CC1=CN(CC(=O)NC(C)(C)C)CC(=O)[N+]1=NNc1cccc(-c2cccc(C(=O)O)c2)c1O. The van der Waals surface area contributed by atoms with E-state index in [0.29, 0.717) is 16.8 Å². The first-order chi connectivity index (χ1) is 15.9. The fourth-order valence-electron chi connectivity index (χ4n) is 3.47. The second-order valence-electron chi connectivity index (χ2n) is 8.98. The summed E-state index contributed by atoms with van der Waals surface area (Å²) in [5, 5.41) is 26.9. The zero-order chi connectivity index (χ0) is 25.0. The molecule has 0 aromatic heterocycles. The quantitative estimate of drug-likeness (QED) is 0.292. The van der Waals surface area contributed by atoms with Gasteiger partial charge in [-0.05, 0) is 44.5 Å². The number of benzene rings is 2. The van der Waals surface area contributed by atoms with Gasteiger partial charge < -0.3 is 20.4 Å². The van der Waals surface area contributed by atoms with Crippen molar-refractivity contribution in [1.82, 2.24) is 10.2 Å². The van der Waals surface area contributed by atoms with Crippen LogP contribution in [0.3, 0.4) is 0 Å². The van der Waals surface area contributed by atoms with Crippen LogP contribution in [0, 0.1) is 0 Å². The molecule has 1 aliphatic heterocycles. The highest BCUT2D eigenvalue weighted by Gasteiger charge is 2.28. The molecule has 0 bridgehead atoms. The molecule has 3 rings (SSSR count). The zero-order valence-corrected chi connectivity index (χ0v) is 19.5. The number of nitrogens with zero attached hydrogens (tertiary/aromatic N) is 3. The number of carbonyl (C=O) groups excluding carboxylic acids is 2. The van der Waals surface area contributed by atoms with Crippen LogP contribution in [-0.4, -0.2) is 56.2 Å². The number of nitrogens with one attached hydrogen (secondary N) is 2. The number of aromatic hydroxyl groups is 1. The van der Waals surface area contributed by atoms with Gasteiger partial charge in [-0.1, -0.05) is 29.0 Å². The van der Waals surface area contributed by atoms with Crippen LogP contribution in [0.1, 0.15) is 38.1 Å². The van der Waals surface area contributed by atoms with E-state index in [-0.39, 0.29) is 47.4 Å². The Morgan fingerprint density at radius 1 is 1.18 bits per heavy atom. The molecule has 1 aliphatic rings. The minimum absolute atomic E-state index is 0.0336. The van der Waals surface area contributed by atoms with Crippen molar-refractivity contribution in [2.24, 2.45) is 5.22 Å². The summed E-state index contributed by atoms with van der Waals surface area (Å²) in [6.07, 6.45) is 1.67. The lowest BCUT2D eigenvalue weighted by molar-refractivity contribution is -0.470. The van der Waals surface area contributed by atoms with Gasteiger partial charge >= 0.3 is 11.9 Å². The predicted molar refractivity (Wildman–Crippen MR) is 125 cm³/mol. The molecular formula is C24H28N5O5+. The number of aromatic carboxylic acids is 1. The number of carbonyl (C=O) groups is 3. The Morgan fingerprint density at radius 2 is 1.88 bits per heavy atom. The van der Waals surface area contributed by atoms with E-state index >= 15 is 0 Å². The van der Waals surface area contributed by atoms with Crippen molar-refractivity contribution < 1.29 is 29.3 Å². The van der Waals surface area contributed by atoms with Gasteiger partial charge in [0.25, 0.3) is 0 Å². The number of hydrogen-bond acceptors (Lipinski definition) is 6. The Kier molecular flexibility index (Phi) is 7.00. The van der Waals surface area contributed by atoms with E-state index in [1.165, 1.54) is 12.1 Å². The van der Waals surface area contributed by atoms with Crippen molar-refractivity contribution in [2.45, 2.75) is 33.2 Å². The molecule has 0 unspecified atom stereocenters. The van der Waals surface area contributed by atoms with Gasteiger partial charge in [-0.25, -0.2) is 9.59 Å². The average Bonchev–Trinajstić information content (AvgIpc) is 2.73. The molecule has 0 spiro atoms. The fourth-order valence-corrected chi connectivity index (χ4v) is 3.47. The summed E-state index contributed by atoms with van der Waals surface area (Å²) >= 11 is 0. The fraction of sp³-hybridized carbons (Fsp3) is 0.292. The van der Waals surface area contributed by atoms with E-state index in [0.717, 1.165) is 4.70 Å². The van der Waals surface area contributed by atoms with Crippen LogP contribution >= 0.6 is 0 Å². The Balaban J connectivity index is 1.79. The molecule has 2 amide bonds. The number of para-hydroxylation sites is 1. The van der Waals surface area contributed by atoms with Crippen LogP contribution in [-0.2, 0) is 9.59 Å². The maximum Gasteiger partial charge on any atom is 0.353 e. The van der Waals surface area contributed by atoms with Crippen molar-refractivity contribution in [3.8, 4) is 16.9 Å². The number of carboxylic acid groups (broad SMARTS) is 1. The first-order valence-corrected chi connectivity index (χ1v) is 10.6. The third kappa shape index (κ3) is 5.97. The average molecular weight is 467 g/mol. The summed E-state index contributed by atoms with van der Waals surface area (Å²) in [4.78, 5) is 37.7. The van der Waals surface area contributed by atoms with Crippen LogP contribution in [0.15, 0.2) is 59.6 Å². The van der Waals surface area contributed by atoms with Crippen LogP contribution < -0.4 is 10.7 Å². The number of carboxylic acids is 1. The largest absolute Gasteiger partial charge is 0.503 e. The maximum atomic E-state index is 12.6. The summed E-state index contributed by atoms with van der Waals surface area (Å²) in [6.45, 7) is 7.34. The highest BCUT2D eigenvalue weighted by molar-refractivity contribution is 5.90. The predicted octanol–water partition coefficient (Wildman–Crippen LogP) is 3.17. The third-order valence-electron chi connectivity index (χ3n) is 4.87. The van der Waals surface area contributed by atoms with Crippen molar-refractivity contribution >= 4 is 23.5 Å². The van der Waals surface area contributed by atoms with Crippen molar-refractivity contribution in [3.05, 3.63) is 59.9 Å². The molecule has 2 aromatic rings. The minimum atomic E-state index is -1.07. The lowest BCUT2D eigenvalue weighted by Crippen LogP contribution is -2.47. The Morgan fingerprint density at radius 3 is 2.53 bits per heavy atom. The summed E-state index contributed by atoms with van der Waals surface area (Å²) in [7, 11) is 0. The molecule has 4 N–H and O–H groups in total. The number of hydrogen-bond donors (Lipinski definition) is 4. The lowest BCUT2D eigenvalue weighted by atomic mass is 10.0. The van der Waals surface area contributed by atoms with Crippen LogP contribution in [0.2, 0.25) is 0 Å². The van der Waals surface area contributed by atoms with E-state index < -0.39 is 5.97 Å². The number of anilines is 1. The highest BCUT2D eigenvalue weighted by atomic mass is 16.4. The van der Waals surface area contributed by atoms with Gasteiger partial charge in [0.05, 0.1) is 17.3 Å². The zero-order valence-electron chi connectivity index (χ0n) is 19.5. The molecule has 0 aliphatic carbocycles. The summed E-state index contributed by atoms with van der Waals surface area (Å²) < 4.78 is 1.16. The van der Waals surface area contributed by atoms with Crippen LogP contribution in [0.5, 0.6) is 5.75 Å². The molecule has 0 radical (unpaired) electrons. The minimum Gasteiger partial charge on any atom is -0.503 e. The van der Waals surface area contributed by atoms with Crippen LogP contribution in [0.25, 0.3) is 11.1 Å². The second kappa shape index (κ2) is 9.74. The molecule has 1 heterocycles. The van der Waals surface area contributed by atoms with Gasteiger partial charge in [-0.3, -0.25) is 4.79 Å². The van der Waals surface area contributed by atoms with Gasteiger partial charge in [0, 0.05) is 24.2 Å². The first kappa shape index (κ1) is 24.4. The maximum absolute atomic E-state index is 12.6. The molecule has 0 saturated carbocycles. The third-order valence-corrected chi connectivity index (χ3v) is 4.87. The Labute approximate surface area is 197 Å². The molecule has 10 heteroatoms. The van der Waals surface area contributed by atoms with Crippen LogP contribution in [0.4, 0.5) is 5.69 Å². The molecule has 178 valence electrons. The molecular weight excluding hydrogens is 438 g/mol. The van der Waals surface area contributed by atoms with Crippen molar-refractivity contribution in [1.29, 1.82) is 0 Å². The van der Waals surface area contributed by atoms with E-state index in [9.17, 15) is 24.6 Å². The standard InChI is InChI=1S/C24H27N5O5/c1-15-12-28(13-20(30)25-24(2,3)4)14-21(31)29(15)27-26-19-10-6-9-18(22(19)32)16-7-5-8-17(11-16)23(33)34/h5-12H,13-14H2,1-4H3,(H3,25,27,30,32,33,34)/p+1. The van der Waals surface area contributed by atoms with Crippen molar-refractivity contribution in [2.75, 3.05) is 18.5 Å². The molecule has 34 heavy (non-hydrogen) atoms. The summed E-state index contributed by atoms with van der Waals surface area (Å²) in [6, 6.07) is 11.1. The Hall–Kier alpha value is -4.21. The number of amides is 2. The molecule has 0 saturated heterocycles. The number of phenolic OH excluding ortho intramolecular Hbond substituents is 1. The Bertz CT molecular complexity index is 1200. The normalized spacial score (nSPS) is 15.2. The highest BCUT2D eigenvalue weighted by Crippen LogP contribution is 2.35. The molecule has 0 fully saturated rings. The van der Waals surface area contributed by atoms with E-state index in [4.69, 9.17) is 0 Å². The van der Waals surface area contributed by atoms with Gasteiger partial charge in [-0.2, -0.15) is 0 Å². The molecule has 2 aromatic carbocycles. The smallest absolute Gasteiger partial charge is 0.353 e. The number of allylic oxidation sites excluding steroid dienone is 1. The molecule has 10 nitrogen and oxygen atoms in total. The first-order valence-electron chi connectivity index (χ1n) is 10.6. The van der Waals surface area contributed by atoms with Gasteiger partial charge in [0.15, 0.2) is 11.4 Å². The lowest BCUT2D eigenvalue weighted by Gasteiger charge is -2.26. The summed E-state index contributed by atoms with van der Waals surface area (Å²) in [5.74, 6) is -1.75. The van der Waals surface area contributed by atoms with Gasteiger partial charge in [-0.15, -0.1) is 5.43 Å².